The summed E-state index contributed by atoms with van der Waals surface area (Å²) < 4.78 is 5.52. The zero-order valence-corrected chi connectivity index (χ0v) is 11.5. The van der Waals surface area contributed by atoms with Crippen molar-refractivity contribution < 1.29 is 19.4 Å². The van der Waals surface area contributed by atoms with Gasteiger partial charge in [0.15, 0.2) is 5.76 Å². The van der Waals surface area contributed by atoms with Crippen molar-refractivity contribution in [3.63, 3.8) is 0 Å². The highest BCUT2D eigenvalue weighted by molar-refractivity contribution is 7.98. The van der Waals surface area contributed by atoms with E-state index in [-0.39, 0.29) is 12.4 Å². The Kier molecular flexibility index (Phi) is 5.02. The molecule has 5 N–H and O–H groups in total. The summed E-state index contributed by atoms with van der Waals surface area (Å²) in [6.07, 6.45) is -0.773. The number of benzene rings is 1. The van der Waals surface area contributed by atoms with Crippen LogP contribution in [0.4, 0.5) is 0 Å². The second-order valence-electron chi connectivity index (χ2n) is 4.23. The number of aliphatic hydroxyl groups is 2. The van der Waals surface area contributed by atoms with Gasteiger partial charge in [0.05, 0.1) is 12.7 Å². The van der Waals surface area contributed by atoms with Crippen molar-refractivity contribution in [2.24, 2.45) is 5.84 Å². The average Bonchev–Trinajstić information content (AvgIpc) is 2.85. The van der Waals surface area contributed by atoms with Crippen LogP contribution in [-0.2, 0) is 5.75 Å². The van der Waals surface area contributed by atoms with Crippen LogP contribution < -0.4 is 11.3 Å². The van der Waals surface area contributed by atoms with Crippen LogP contribution in [0.2, 0.25) is 0 Å². The predicted octanol–water partition coefficient (Wildman–Crippen LogP) is 0.623. The zero-order chi connectivity index (χ0) is 14.5. The highest BCUT2D eigenvalue weighted by atomic mass is 32.2. The van der Waals surface area contributed by atoms with E-state index in [9.17, 15) is 9.90 Å². The third-order valence-corrected chi connectivity index (χ3v) is 3.92. The molecule has 1 aromatic carbocycles. The molecule has 2 rings (SSSR count). The summed E-state index contributed by atoms with van der Waals surface area (Å²) in [5.74, 6) is 5.71. The second-order valence-corrected chi connectivity index (χ2v) is 5.26. The number of nitrogens with one attached hydrogen (secondary N) is 1. The van der Waals surface area contributed by atoms with Crippen LogP contribution in [0.3, 0.4) is 0 Å². The van der Waals surface area contributed by atoms with Crippen molar-refractivity contribution in [2.45, 2.75) is 11.9 Å². The summed E-state index contributed by atoms with van der Waals surface area (Å²) in [4.78, 5) is 11.7. The van der Waals surface area contributed by atoms with E-state index in [1.165, 1.54) is 11.8 Å². The van der Waals surface area contributed by atoms with E-state index in [1.54, 1.807) is 6.07 Å². The number of hydrogen-bond acceptors (Lipinski definition) is 6. The molecule has 0 saturated heterocycles. The Labute approximate surface area is 119 Å². The number of carbonyl (C=O) groups is 1. The predicted molar refractivity (Wildman–Crippen MR) is 77.1 cm³/mol. The maximum absolute atomic E-state index is 11.7. The van der Waals surface area contributed by atoms with E-state index >= 15 is 0 Å². The summed E-state index contributed by atoms with van der Waals surface area (Å²) in [5, 5.41) is 19.0. The number of hydrazine groups is 1. The third-order valence-electron chi connectivity index (χ3n) is 2.80. The molecular formula is C13H16N2O4S. The van der Waals surface area contributed by atoms with Crippen molar-refractivity contribution in [1.82, 2.24) is 5.43 Å². The standard InChI is InChI=1S/C13H16N2O4S/c14-15-13(18)12-10(7-20-6-8(17)5-16)9-3-1-2-4-11(9)19-12/h1-4,8,16-17H,5-7,14H2,(H,15,18). The van der Waals surface area contributed by atoms with Crippen molar-refractivity contribution in [2.75, 3.05) is 12.4 Å². The molecule has 0 aliphatic heterocycles. The summed E-state index contributed by atoms with van der Waals surface area (Å²) in [5.41, 5.74) is 3.41. The van der Waals surface area contributed by atoms with Crippen LogP contribution in [0.25, 0.3) is 11.0 Å². The lowest BCUT2D eigenvalue weighted by atomic mass is 10.1. The molecule has 108 valence electrons. The van der Waals surface area contributed by atoms with Gasteiger partial charge in [-0.05, 0) is 6.07 Å². The molecule has 0 aliphatic rings. The number of thioether (sulfide) groups is 1. The summed E-state index contributed by atoms with van der Waals surface area (Å²) in [6, 6.07) is 7.32. The smallest absolute Gasteiger partial charge is 0.301 e. The minimum absolute atomic E-state index is 0.180. The quantitative estimate of drug-likeness (QED) is 0.353. The Morgan fingerprint density at radius 1 is 1.45 bits per heavy atom. The first-order valence-electron chi connectivity index (χ1n) is 6.05. The number of nitrogen functional groups attached to an aromatic ring is 1. The van der Waals surface area contributed by atoms with Crippen molar-refractivity contribution in [3.05, 3.63) is 35.6 Å². The fourth-order valence-electron chi connectivity index (χ4n) is 1.84. The number of carbonyl (C=O) groups excluding carboxylic acids is 1. The zero-order valence-electron chi connectivity index (χ0n) is 10.7. The number of nitrogens with two attached hydrogens (primary N) is 1. The number of furan rings is 1. The Hall–Kier alpha value is -1.54. The van der Waals surface area contributed by atoms with Crippen LogP contribution in [0.5, 0.6) is 0 Å². The van der Waals surface area contributed by atoms with Gasteiger partial charge in [0.1, 0.15) is 5.58 Å². The van der Waals surface area contributed by atoms with Crippen molar-refractivity contribution >= 4 is 28.6 Å². The first-order valence-corrected chi connectivity index (χ1v) is 7.20. The Bertz CT molecular complexity index is 599. The van der Waals surface area contributed by atoms with Gasteiger partial charge in [0.25, 0.3) is 0 Å². The topological polar surface area (TPSA) is 109 Å². The van der Waals surface area contributed by atoms with E-state index < -0.39 is 12.0 Å². The SMILES string of the molecule is NNC(=O)c1oc2ccccc2c1CSCC(O)CO. The lowest BCUT2D eigenvalue weighted by molar-refractivity contribution is 0.0927. The van der Waals surface area contributed by atoms with Gasteiger partial charge in [-0.15, -0.1) is 0 Å². The first-order chi connectivity index (χ1) is 9.67. The van der Waals surface area contributed by atoms with Crippen LogP contribution >= 0.6 is 11.8 Å². The van der Waals surface area contributed by atoms with E-state index in [2.05, 4.69) is 5.43 Å². The van der Waals surface area contributed by atoms with Gasteiger partial charge in [-0.1, -0.05) is 18.2 Å². The van der Waals surface area contributed by atoms with Gasteiger partial charge >= 0.3 is 5.91 Å². The largest absolute Gasteiger partial charge is 0.451 e. The summed E-state index contributed by atoms with van der Waals surface area (Å²) in [6.45, 7) is -0.282. The molecule has 0 saturated carbocycles. The molecule has 1 heterocycles. The lowest BCUT2D eigenvalue weighted by Gasteiger charge is -2.06. The molecule has 7 heteroatoms. The van der Waals surface area contributed by atoms with Crippen LogP contribution in [-0.4, -0.2) is 34.6 Å². The number of para-hydroxylation sites is 1. The van der Waals surface area contributed by atoms with Crippen LogP contribution in [0, 0.1) is 0 Å². The molecule has 1 unspecified atom stereocenters. The fourth-order valence-corrected chi connectivity index (χ4v) is 2.83. The van der Waals surface area contributed by atoms with Crippen LogP contribution in [0.1, 0.15) is 16.1 Å². The molecule has 20 heavy (non-hydrogen) atoms. The van der Waals surface area contributed by atoms with E-state index in [0.717, 1.165) is 10.9 Å². The van der Waals surface area contributed by atoms with Crippen molar-refractivity contribution in [1.29, 1.82) is 0 Å². The highest BCUT2D eigenvalue weighted by Gasteiger charge is 2.19. The van der Waals surface area contributed by atoms with E-state index in [1.807, 2.05) is 18.2 Å². The molecule has 0 spiro atoms. The minimum atomic E-state index is -0.773. The van der Waals surface area contributed by atoms with Gasteiger partial charge in [0, 0.05) is 22.5 Å². The molecule has 0 radical (unpaired) electrons. The Morgan fingerprint density at radius 3 is 2.90 bits per heavy atom. The molecule has 0 bridgehead atoms. The monoisotopic (exact) mass is 296 g/mol. The van der Waals surface area contributed by atoms with E-state index in [4.69, 9.17) is 15.4 Å². The molecule has 2 aromatic rings. The minimum Gasteiger partial charge on any atom is -0.451 e. The lowest BCUT2D eigenvalue weighted by Crippen LogP contribution is -2.30. The summed E-state index contributed by atoms with van der Waals surface area (Å²) in [7, 11) is 0. The van der Waals surface area contributed by atoms with Gasteiger partial charge in [-0.2, -0.15) is 11.8 Å². The van der Waals surface area contributed by atoms with Gasteiger partial charge < -0.3 is 14.6 Å². The third kappa shape index (κ3) is 3.13. The van der Waals surface area contributed by atoms with E-state index in [0.29, 0.717) is 17.1 Å². The second kappa shape index (κ2) is 6.76. The number of amides is 1. The number of rotatable bonds is 6. The number of fused-ring (bicyclic) bond motifs is 1. The normalized spacial score (nSPS) is 12.6. The fraction of sp³-hybridized carbons (Fsp3) is 0.308. The van der Waals surface area contributed by atoms with Crippen LogP contribution in [0.15, 0.2) is 28.7 Å². The molecule has 6 nitrogen and oxygen atoms in total. The molecule has 1 amide bonds. The Balaban J connectivity index is 2.26. The Morgan fingerprint density at radius 2 is 2.20 bits per heavy atom. The molecule has 1 atom stereocenters. The number of aliphatic hydroxyl groups excluding tert-OH is 2. The molecular weight excluding hydrogens is 280 g/mol. The molecule has 1 aromatic heterocycles. The maximum Gasteiger partial charge on any atom is 0.301 e. The average molecular weight is 296 g/mol. The molecule has 0 aliphatic carbocycles. The molecule has 0 fully saturated rings. The highest BCUT2D eigenvalue weighted by Crippen LogP contribution is 2.29. The van der Waals surface area contributed by atoms with Crippen molar-refractivity contribution in [3.8, 4) is 0 Å². The maximum atomic E-state index is 11.7. The first kappa shape index (κ1) is 14.9. The summed E-state index contributed by atoms with van der Waals surface area (Å²) >= 11 is 1.41. The van der Waals surface area contributed by atoms with Gasteiger partial charge in [-0.25, -0.2) is 5.84 Å². The number of hydrogen-bond donors (Lipinski definition) is 4. The van der Waals surface area contributed by atoms with Gasteiger partial charge in [-0.3, -0.25) is 10.2 Å². The van der Waals surface area contributed by atoms with Gasteiger partial charge in [0.2, 0.25) is 0 Å².